The second-order valence-corrected chi connectivity index (χ2v) is 4.75. The van der Waals surface area contributed by atoms with Gasteiger partial charge in [0.15, 0.2) is 5.78 Å². The largest absolute Gasteiger partial charge is 0.465 e. The summed E-state index contributed by atoms with van der Waals surface area (Å²) in [4.78, 5) is 22.3. The summed E-state index contributed by atoms with van der Waals surface area (Å²) >= 11 is 0. The zero-order chi connectivity index (χ0) is 18.0. The van der Waals surface area contributed by atoms with E-state index in [1.807, 2.05) is 5.32 Å². The molecule has 10 heteroatoms. The van der Waals surface area contributed by atoms with Gasteiger partial charge >= 0.3 is 18.4 Å². The van der Waals surface area contributed by atoms with Crippen molar-refractivity contribution in [2.75, 3.05) is 6.54 Å². The van der Waals surface area contributed by atoms with Crippen LogP contribution in [0.4, 0.5) is 31.1 Å². The number of benzene rings is 1. The number of halogens is 6. The Morgan fingerprint density at radius 2 is 1.48 bits per heavy atom. The fraction of sp³-hybridized carbons (Fsp3) is 0.385. The molecule has 1 unspecified atom stereocenters. The molecule has 0 aliphatic heterocycles. The maximum Gasteiger partial charge on any atom is 0.416 e. The van der Waals surface area contributed by atoms with E-state index in [1.54, 1.807) is 0 Å². The van der Waals surface area contributed by atoms with E-state index >= 15 is 0 Å². The lowest BCUT2D eigenvalue weighted by Gasteiger charge is -2.16. The number of hydrogen-bond acceptors (Lipinski definition) is 2. The fourth-order valence-electron chi connectivity index (χ4n) is 1.71. The average molecular weight is 343 g/mol. The molecule has 0 aliphatic carbocycles. The molecule has 0 heterocycles. The van der Waals surface area contributed by atoms with E-state index in [2.05, 4.69) is 0 Å². The lowest BCUT2D eigenvalue weighted by molar-refractivity contribution is -0.143. The second-order valence-electron chi connectivity index (χ2n) is 4.75. The van der Waals surface area contributed by atoms with Crippen molar-refractivity contribution < 1.29 is 41.0 Å². The lowest BCUT2D eigenvalue weighted by atomic mass is 9.95. The summed E-state index contributed by atoms with van der Waals surface area (Å²) in [5.41, 5.74) is -3.99. The SMILES string of the molecule is CC(CNC(=O)O)C(=O)c1cc(C(F)(F)F)cc(C(F)(F)F)c1. The Morgan fingerprint density at radius 1 is 1.04 bits per heavy atom. The zero-order valence-electron chi connectivity index (χ0n) is 11.5. The Morgan fingerprint density at radius 3 is 1.83 bits per heavy atom. The number of amides is 1. The third-order valence-electron chi connectivity index (χ3n) is 2.88. The highest BCUT2D eigenvalue weighted by Crippen LogP contribution is 2.36. The van der Waals surface area contributed by atoms with E-state index in [9.17, 15) is 35.9 Å². The number of ketones is 1. The molecule has 1 atom stereocenters. The van der Waals surface area contributed by atoms with Gasteiger partial charge in [0.2, 0.25) is 0 Å². The van der Waals surface area contributed by atoms with Gasteiger partial charge in [-0.2, -0.15) is 26.3 Å². The summed E-state index contributed by atoms with van der Waals surface area (Å²) in [5.74, 6) is -2.16. The van der Waals surface area contributed by atoms with E-state index < -0.39 is 53.4 Å². The Bertz CT molecular complexity index is 576. The molecule has 0 saturated heterocycles. The van der Waals surface area contributed by atoms with Gasteiger partial charge < -0.3 is 10.4 Å². The van der Waals surface area contributed by atoms with Crippen LogP contribution in [0, 0.1) is 5.92 Å². The van der Waals surface area contributed by atoms with Gasteiger partial charge in [0.25, 0.3) is 0 Å². The smallest absolute Gasteiger partial charge is 0.416 e. The molecule has 1 rings (SSSR count). The number of nitrogens with one attached hydrogen (secondary N) is 1. The maximum absolute atomic E-state index is 12.7. The van der Waals surface area contributed by atoms with Gasteiger partial charge in [0, 0.05) is 18.0 Å². The molecular formula is C13H11F6NO3. The monoisotopic (exact) mass is 343 g/mol. The minimum Gasteiger partial charge on any atom is -0.465 e. The first-order chi connectivity index (χ1) is 10.3. The Labute approximate surface area is 126 Å². The number of alkyl halides is 6. The molecule has 0 aliphatic rings. The van der Waals surface area contributed by atoms with Crippen molar-refractivity contribution in [3.63, 3.8) is 0 Å². The number of carbonyl (C=O) groups is 2. The molecule has 0 spiro atoms. The quantitative estimate of drug-likeness (QED) is 0.645. The summed E-state index contributed by atoms with van der Waals surface area (Å²) in [5, 5.41) is 10.2. The number of carbonyl (C=O) groups excluding carboxylic acids is 1. The molecular weight excluding hydrogens is 332 g/mol. The first kappa shape index (κ1) is 18.8. The molecule has 1 aromatic rings. The highest BCUT2D eigenvalue weighted by atomic mass is 19.4. The van der Waals surface area contributed by atoms with Gasteiger partial charge in [-0.25, -0.2) is 4.79 Å². The second kappa shape index (κ2) is 6.47. The number of hydrogen-bond donors (Lipinski definition) is 2. The maximum atomic E-state index is 12.7. The van der Waals surface area contributed by atoms with Crippen molar-refractivity contribution in [1.29, 1.82) is 0 Å². The first-order valence-corrected chi connectivity index (χ1v) is 6.13. The van der Waals surface area contributed by atoms with Crippen LogP contribution in [-0.2, 0) is 12.4 Å². The normalized spacial score (nSPS) is 13.5. The first-order valence-electron chi connectivity index (χ1n) is 6.13. The van der Waals surface area contributed by atoms with E-state index in [-0.39, 0.29) is 6.07 Å². The number of carboxylic acid groups (broad SMARTS) is 1. The number of Topliss-reactive ketones (excluding diaryl/α,β-unsaturated/α-hetero) is 1. The molecule has 1 aromatic carbocycles. The topological polar surface area (TPSA) is 66.4 Å². The van der Waals surface area contributed by atoms with Crippen LogP contribution in [0.3, 0.4) is 0 Å². The van der Waals surface area contributed by atoms with Crippen molar-refractivity contribution in [1.82, 2.24) is 5.32 Å². The zero-order valence-corrected chi connectivity index (χ0v) is 11.5. The van der Waals surface area contributed by atoms with Crippen molar-refractivity contribution in [3.8, 4) is 0 Å². The molecule has 0 radical (unpaired) electrons. The molecule has 2 N–H and O–H groups in total. The predicted molar refractivity (Wildman–Crippen MR) is 66.0 cm³/mol. The standard InChI is InChI=1S/C13H11F6NO3/c1-6(5-20-11(22)23)10(21)7-2-8(12(14,15)16)4-9(3-7)13(17,18)19/h2-4,6,20H,5H2,1H3,(H,22,23). The molecule has 4 nitrogen and oxygen atoms in total. The average Bonchev–Trinajstić information content (AvgIpc) is 2.41. The highest BCUT2D eigenvalue weighted by molar-refractivity contribution is 5.98. The van der Waals surface area contributed by atoms with Crippen molar-refractivity contribution in [2.24, 2.45) is 5.92 Å². The van der Waals surface area contributed by atoms with Crippen molar-refractivity contribution in [3.05, 3.63) is 34.9 Å². The van der Waals surface area contributed by atoms with Gasteiger partial charge in [0.05, 0.1) is 11.1 Å². The Hall–Kier alpha value is -2.26. The highest BCUT2D eigenvalue weighted by Gasteiger charge is 2.37. The Balaban J connectivity index is 3.24. The van der Waals surface area contributed by atoms with Gasteiger partial charge in [-0.15, -0.1) is 0 Å². The fourth-order valence-corrected chi connectivity index (χ4v) is 1.71. The van der Waals surface area contributed by atoms with Crippen LogP contribution >= 0.6 is 0 Å². The van der Waals surface area contributed by atoms with Crippen molar-refractivity contribution >= 4 is 11.9 Å². The molecule has 0 aromatic heterocycles. The summed E-state index contributed by atoms with van der Waals surface area (Å²) in [6, 6.07) is 0.542. The van der Waals surface area contributed by atoms with Crippen LogP contribution in [0.5, 0.6) is 0 Å². The predicted octanol–water partition coefficient (Wildman–Crippen LogP) is 3.81. The van der Waals surface area contributed by atoms with Crippen LogP contribution in [0.25, 0.3) is 0 Å². The molecule has 0 bridgehead atoms. The van der Waals surface area contributed by atoms with Crippen LogP contribution in [0.15, 0.2) is 18.2 Å². The van der Waals surface area contributed by atoms with Gasteiger partial charge in [-0.05, 0) is 18.2 Å². The van der Waals surface area contributed by atoms with Gasteiger partial charge in [-0.3, -0.25) is 4.79 Å². The molecule has 0 saturated carbocycles. The molecule has 128 valence electrons. The third kappa shape index (κ3) is 5.15. The van der Waals surface area contributed by atoms with Gasteiger partial charge in [-0.1, -0.05) is 6.92 Å². The summed E-state index contributed by atoms with van der Waals surface area (Å²) in [6.45, 7) is 0.748. The summed E-state index contributed by atoms with van der Waals surface area (Å²) in [6.07, 6.45) is -11.6. The lowest BCUT2D eigenvalue weighted by Crippen LogP contribution is -2.30. The summed E-state index contributed by atoms with van der Waals surface area (Å²) in [7, 11) is 0. The third-order valence-corrected chi connectivity index (χ3v) is 2.88. The van der Waals surface area contributed by atoms with E-state index in [4.69, 9.17) is 5.11 Å². The van der Waals surface area contributed by atoms with E-state index in [0.717, 1.165) is 0 Å². The van der Waals surface area contributed by atoms with Gasteiger partial charge in [0.1, 0.15) is 0 Å². The minimum atomic E-state index is -5.06. The Kier molecular flexibility index (Phi) is 5.28. The number of rotatable bonds is 4. The summed E-state index contributed by atoms with van der Waals surface area (Å²) < 4.78 is 76.1. The van der Waals surface area contributed by atoms with Crippen molar-refractivity contribution in [2.45, 2.75) is 19.3 Å². The molecule has 0 fully saturated rings. The molecule has 23 heavy (non-hydrogen) atoms. The van der Waals surface area contributed by atoms with Crippen LogP contribution in [0.1, 0.15) is 28.4 Å². The van der Waals surface area contributed by atoms with Crippen LogP contribution in [0.2, 0.25) is 0 Å². The van der Waals surface area contributed by atoms with E-state index in [1.165, 1.54) is 6.92 Å². The minimum absolute atomic E-state index is 0.0864. The van der Waals surface area contributed by atoms with E-state index in [0.29, 0.717) is 12.1 Å². The van der Waals surface area contributed by atoms with Crippen LogP contribution < -0.4 is 5.32 Å². The van der Waals surface area contributed by atoms with Crippen LogP contribution in [-0.4, -0.2) is 23.5 Å². The molecule has 1 amide bonds.